The average molecular weight is 328 g/mol. The lowest BCUT2D eigenvalue weighted by Gasteiger charge is -2.08. The molecule has 3 aromatic rings. The summed E-state index contributed by atoms with van der Waals surface area (Å²) in [5, 5.41) is 2.82. The van der Waals surface area contributed by atoms with E-state index in [1.807, 2.05) is 11.6 Å². The van der Waals surface area contributed by atoms with Crippen LogP contribution in [0.25, 0.3) is 11.0 Å². The van der Waals surface area contributed by atoms with E-state index in [0.29, 0.717) is 18.5 Å². The van der Waals surface area contributed by atoms with Crippen molar-refractivity contribution in [2.45, 2.75) is 6.42 Å². The molecule has 0 radical (unpaired) electrons. The largest absolute Gasteiger partial charge is 0.480 e. The number of rotatable bonds is 5. The number of benzene rings is 1. The second-order valence-electron chi connectivity index (χ2n) is 5.29. The van der Waals surface area contributed by atoms with Gasteiger partial charge in [0.1, 0.15) is 17.2 Å². The Labute approximate surface area is 138 Å². The fourth-order valence-electron chi connectivity index (χ4n) is 2.55. The van der Waals surface area contributed by atoms with Gasteiger partial charge in [-0.1, -0.05) is 0 Å². The van der Waals surface area contributed by atoms with E-state index in [1.165, 1.54) is 19.2 Å². The summed E-state index contributed by atoms with van der Waals surface area (Å²) in [6, 6.07) is 7.81. The number of hydrogen-bond donors (Lipinski definition) is 1. The smallest absolute Gasteiger partial charge is 0.256 e. The number of ether oxygens (including phenoxy) is 1. The van der Waals surface area contributed by atoms with E-state index in [4.69, 9.17) is 4.74 Å². The summed E-state index contributed by atoms with van der Waals surface area (Å²) in [4.78, 5) is 20.7. The fraction of sp³-hybridized carbons (Fsp3) is 0.235. The molecule has 7 heteroatoms. The number of methoxy groups -OCH3 is 1. The molecule has 2 heterocycles. The monoisotopic (exact) mass is 328 g/mol. The Bertz CT molecular complexity index is 891. The Hall–Kier alpha value is -2.96. The van der Waals surface area contributed by atoms with Gasteiger partial charge in [-0.15, -0.1) is 0 Å². The van der Waals surface area contributed by atoms with E-state index in [9.17, 15) is 9.18 Å². The topological polar surface area (TPSA) is 69.0 Å². The Morgan fingerprint density at radius 1 is 1.38 bits per heavy atom. The molecule has 1 amide bonds. The zero-order valence-electron chi connectivity index (χ0n) is 13.4. The third-order valence-corrected chi connectivity index (χ3v) is 3.78. The highest BCUT2D eigenvalue weighted by molar-refractivity contribution is 5.96. The van der Waals surface area contributed by atoms with Gasteiger partial charge in [-0.25, -0.2) is 14.4 Å². The first-order valence-corrected chi connectivity index (χ1v) is 7.48. The van der Waals surface area contributed by atoms with Crippen LogP contribution in [0.3, 0.4) is 0 Å². The SMILES string of the molecule is COc1ncccc1C(=O)NCCc1nc2ccc(F)cc2n1C. The molecule has 0 fully saturated rings. The molecule has 2 aromatic heterocycles. The minimum absolute atomic E-state index is 0.259. The van der Waals surface area contributed by atoms with Crippen LogP contribution in [0.2, 0.25) is 0 Å². The van der Waals surface area contributed by atoms with E-state index in [2.05, 4.69) is 15.3 Å². The van der Waals surface area contributed by atoms with E-state index in [1.54, 1.807) is 24.4 Å². The van der Waals surface area contributed by atoms with Gasteiger partial charge < -0.3 is 14.6 Å². The number of hydrogen-bond acceptors (Lipinski definition) is 4. The van der Waals surface area contributed by atoms with Crippen LogP contribution in [0.5, 0.6) is 5.88 Å². The number of amides is 1. The van der Waals surface area contributed by atoms with Gasteiger partial charge in [0, 0.05) is 26.2 Å². The van der Waals surface area contributed by atoms with E-state index in [-0.39, 0.29) is 17.6 Å². The molecule has 0 unspecified atom stereocenters. The molecule has 0 saturated carbocycles. The van der Waals surface area contributed by atoms with Gasteiger partial charge in [0.15, 0.2) is 0 Å². The van der Waals surface area contributed by atoms with Crippen molar-refractivity contribution in [3.05, 3.63) is 53.7 Å². The van der Waals surface area contributed by atoms with Crippen LogP contribution < -0.4 is 10.1 Å². The maximum atomic E-state index is 13.3. The predicted octanol–water partition coefficient (Wildman–Crippen LogP) is 2.09. The molecular weight excluding hydrogens is 311 g/mol. The van der Waals surface area contributed by atoms with Gasteiger partial charge in [0.2, 0.25) is 5.88 Å². The van der Waals surface area contributed by atoms with Crippen molar-refractivity contribution in [1.29, 1.82) is 0 Å². The van der Waals surface area contributed by atoms with Crippen LogP contribution in [-0.4, -0.2) is 34.1 Å². The van der Waals surface area contributed by atoms with Crippen LogP contribution >= 0.6 is 0 Å². The number of nitrogens with zero attached hydrogens (tertiary/aromatic N) is 3. The lowest BCUT2D eigenvalue weighted by atomic mass is 10.2. The minimum atomic E-state index is -0.297. The Kier molecular flexibility index (Phi) is 4.41. The van der Waals surface area contributed by atoms with Crippen molar-refractivity contribution >= 4 is 16.9 Å². The number of nitrogens with one attached hydrogen (secondary N) is 1. The first kappa shape index (κ1) is 15.9. The average Bonchev–Trinajstić information content (AvgIpc) is 2.90. The molecule has 0 aliphatic rings. The molecule has 1 aromatic carbocycles. The third-order valence-electron chi connectivity index (χ3n) is 3.78. The summed E-state index contributed by atoms with van der Waals surface area (Å²) in [6.45, 7) is 0.399. The zero-order chi connectivity index (χ0) is 17.1. The number of carbonyl (C=O) groups excluding carboxylic acids is 1. The van der Waals surface area contributed by atoms with Gasteiger partial charge in [-0.2, -0.15) is 0 Å². The number of halogens is 1. The number of aryl methyl sites for hydroxylation is 1. The number of imidazole rings is 1. The van der Waals surface area contributed by atoms with Crippen LogP contribution in [0.4, 0.5) is 4.39 Å². The molecule has 0 aliphatic carbocycles. The molecule has 6 nitrogen and oxygen atoms in total. The Balaban J connectivity index is 1.68. The molecule has 3 rings (SSSR count). The molecule has 0 bridgehead atoms. The number of aromatic nitrogens is 3. The second kappa shape index (κ2) is 6.66. The van der Waals surface area contributed by atoms with Crippen LogP contribution in [-0.2, 0) is 13.5 Å². The second-order valence-corrected chi connectivity index (χ2v) is 5.29. The van der Waals surface area contributed by atoms with E-state index in [0.717, 1.165) is 16.9 Å². The zero-order valence-corrected chi connectivity index (χ0v) is 13.4. The Morgan fingerprint density at radius 2 is 2.21 bits per heavy atom. The first-order chi connectivity index (χ1) is 11.6. The standard InChI is InChI=1S/C17H17FN4O2/c1-22-14-10-11(18)5-6-13(14)21-15(22)7-9-19-16(23)12-4-3-8-20-17(12)24-2/h3-6,8,10H,7,9H2,1-2H3,(H,19,23). The lowest BCUT2D eigenvalue weighted by Crippen LogP contribution is -2.27. The van der Waals surface area contributed by atoms with Crippen molar-refractivity contribution < 1.29 is 13.9 Å². The summed E-state index contributed by atoms with van der Waals surface area (Å²) in [5.74, 6) is 0.501. The predicted molar refractivity (Wildman–Crippen MR) is 87.5 cm³/mol. The van der Waals surface area contributed by atoms with Gasteiger partial charge in [-0.3, -0.25) is 4.79 Å². The van der Waals surface area contributed by atoms with E-state index < -0.39 is 0 Å². The molecule has 0 aliphatic heterocycles. The molecule has 0 saturated heterocycles. The molecule has 124 valence electrons. The van der Waals surface area contributed by atoms with Crippen LogP contribution in [0.1, 0.15) is 16.2 Å². The third kappa shape index (κ3) is 3.05. The molecule has 1 N–H and O–H groups in total. The quantitative estimate of drug-likeness (QED) is 0.779. The highest BCUT2D eigenvalue weighted by atomic mass is 19.1. The first-order valence-electron chi connectivity index (χ1n) is 7.48. The number of carbonyl (C=O) groups is 1. The van der Waals surface area contributed by atoms with Crippen molar-refractivity contribution in [1.82, 2.24) is 19.9 Å². The lowest BCUT2D eigenvalue weighted by molar-refractivity contribution is 0.0950. The van der Waals surface area contributed by atoms with E-state index >= 15 is 0 Å². The maximum Gasteiger partial charge on any atom is 0.256 e. The summed E-state index contributed by atoms with van der Waals surface area (Å²) < 4.78 is 20.2. The highest BCUT2D eigenvalue weighted by Gasteiger charge is 2.13. The van der Waals surface area contributed by atoms with Gasteiger partial charge in [0.25, 0.3) is 5.91 Å². The molecule has 0 spiro atoms. The van der Waals surface area contributed by atoms with Crippen molar-refractivity contribution in [3.8, 4) is 5.88 Å². The molecule has 0 atom stereocenters. The van der Waals surface area contributed by atoms with Crippen molar-refractivity contribution in [2.24, 2.45) is 7.05 Å². The van der Waals surface area contributed by atoms with Crippen LogP contribution in [0, 0.1) is 5.82 Å². The summed E-state index contributed by atoms with van der Waals surface area (Å²) in [7, 11) is 3.30. The van der Waals surface area contributed by atoms with Gasteiger partial charge >= 0.3 is 0 Å². The summed E-state index contributed by atoms with van der Waals surface area (Å²) in [6.07, 6.45) is 2.09. The highest BCUT2D eigenvalue weighted by Crippen LogP contribution is 2.17. The summed E-state index contributed by atoms with van der Waals surface area (Å²) in [5.41, 5.74) is 1.84. The number of pyridine rings is 1. The molecular formula is C17H17FN4O2. The Morgan fingerprint density at radius 3 is 3.00 bits per heavy atom. The molecule has 24 heavy (non-hydrogen) atoms. The van der Waals surface area contributed by atoms with Crippen LogP contribution in [0.15, 0.2) is 36.5 Å². The van der Waals surface area contributed by atoms with Crippen molar-refractivity contribution in [3.63, 3.8) is 0 Å². The normalized spacial score (nSPS) is 10.8. The minimum Gasteiger partial charge on any atom is -0.480 e. The van der Waals surface area contributed by atoms with Gasteiger partial charge in [0.05, 0.1) is 18.1 Å². The number of fused-ring (bicyclic) bond motifs is 1. The van der Waals surface area contributed by atoms with Gasteiger partial charge in [-0.05, 0) is 30.3 Å². The van der Waals surface area contributed by atoms with Crippen molar-refractivity contribution in [2.75, 3.05) is 13.7 Å². The maximum absolute atomic E-state index is 13.3. The summed E-state index contributed by atoms with van der Waals surface area (Å²) >= 11 is 0. The fourth-order valence-corrected chi connectivity index (χ4v) is 2.55.